The van der Waals surface area contributed by atoms with Crippen molar-refractivity contribution in [2.75, 3.05) is 0 Å². The molecule has 0 aromatic rings. The lowest BCUT2D eigenvalue weighted by atomic mass is 9.97. The number of hydrogen-bond donors (Lipinski definition) is 2. The Hall–Kier alpha value is -1.63. The van der Waals surface area contributed by atoms with Crippen LogP contribution in [0.1, 0.15) is 60.8 Å². The van der Waals surface area contributed by atoms with Crippen LogP contribution in [0.3, 0.4) is 0 Å². The lowest BCUT2D eigenvalue weighted by Crippen LogP contribution is -2.63. The van der Waals surface area contributed by atoms with Gasteiger partial charge in [0.1, 0.15) is 11.2 Å². The number of Topliss-reactive ketones (excluding diaryl/α,β-unsaturated/α-hetero) is 1. The predicted molar refractivity (Wildman–Crippen MR) is 79.9 cm³/mol. The Morgan fingerprint density at radius 1 is 1.05 bits per heavy atom. The minimum absolute atomic E-state index is 0.266. The molecule has 0 spiro atoms. The summed E-state index contributed by atoms with van der Waals surface area (Å²) in [6, 6.07) is 0. The standard InChI is InChI=1S/C15H26N2O5/c1-13(2,3)21-11(19)15(9-7-8-10(15)18)17-16-12(20)22-14(4,5)6/h17H,7-9H2,1-6H3,(H,16,20)/t15-/m1/s1. The largest absolute Gasteiger partial charge is 0.458 e. The zero-order valence-electron chi connectivity index (χ0n) is 14.2. The Kier molecular flexibility index (Phi) is 5.22. The van der Waals surface area contributed by atoms with E-state index in [1.165, 1.54) is 0 Å². The Morgan fingerprint density at radius 2 is 1.59 bits per heavy atom. The van der Waals surface area contributed by atoms with Crippen molar-refractivity contribution in [2.24, 2.45) is 0 Å². The number of ether oxygens (including phenoxy) is 2. The fourth-order valence-corrected chi connectivity index (χ4v) is 2.09. The van der Waals surface area contributed by atoms with Gasteiger partial charge in [0.05, 0.1) is 0 Å². The van der Waals surface area contributed by atoms with E-state index in [2.05, 4.69) is 10.9 Å². The molecule has 0 bridgehead atoms. The zero-order valence-corrected chi connectivity index (χ0v) is 14.2. The van der Waals surface area contributed by atoms with E-state index in [-0.39, 0.29) is 18.6 Å². The van der Waals surface area contributed by atoms with Crippen molar-refractivity contribution in [3.8, 4) is 0 Å². The van der Waals surface area contributed by atoms with Crippen LogP contribution in [0.4, 0.5) is 4.79 Å². The molecule has 7 heteroatoms. The maximum Gasteiger partial charge on any atom is 0.422 e. The van der Waals surface area contributed by atoms with E-state index in [9.17, 15) is 14.4 Å². The molecular formula is C15H26N2O5. The third kappa shape index (κ3) is 4.98. The summed E-state index contributed by atoms with van der Waals surface area (Å²) in [7, 11) is 0. The summed E-state index contributed by atoms with van der Waals surface area (Å²) in [6.07, 6.45) is 0.343. The van der Waals surface area contributed by atoms with E-state index < -0.39 is 28.8 Å². The first-order valence-corrected chi connectivity index (χ1v) is 7.39. The van der Waals surface area contributed by atoms with Crippen LogP contribution >= 0.6 is 0 Å². The number of rotatable bonds is 3. The maximum absolute atomic E-state index is 12.4. The first-order valence-electron chi connectivity index (χ1n) is 7.39. The van der Waals surface area contributed by atoms with Gasteiger partial charge < -0.3 is 9.47 Å². The summed E-state index contributed by atoms with van der Waals surface area (Å²) in [5.74, 6) is -0.976. The van der Waals surface area contributed by atoms with Crippen molar-refractivity contribution in [3.63, 3.8) is 0 Å². The van der Waals surface area contributed by atoms with Crippen molar-refractivity contribution in [1.82, 2.24) is 10.9 Å². The van der Waals surface area contributed by atoms with E-state index in [0.717, 1.165) is 0 Å². The first kappa shape index (κ1) is 18.4. The third-order valence-corrected chi connectivity index (χ3v) is 2.96. The molecule has 7 nitrogen and oxygen atoms in total. The number of carbonyl (C=O) groups is 3. The number of esters is 1. The molecule has 1 aliphatic rings. The van der Waals surface area contributed by atoms with Gasteiger partial charge in [-0.2, -0.15) is 0 Å². The smallest absolute Gasteiger partial charge is 0.422 e. The van der Waals surface area contributed by atoms with Crippen molar-refractivity contribution in [3.05, 3.63) is 0 Å². The molecule has 0 saturated heterocycles. The molecule has 1 atom stereocenters. The summed E-state index contributed by atoms with van der Waals surface area (Å²) in [6.45, 7) is 10.3. The summed E-state index contributed by atoms with van der Waals surface area (Å²) >= 11 is 0. The van der Waals surface area contributed by atoms with E-state index in [0.29, 0.717) is 6.42 Å². The highest BCUT2D eigenvalue weighted by molar-refractivity contribution is 6.10. The van der Waals surface area contributed by atoms with Crippen molar-refractivity contribution < 1.29 is 23.9 Å². The fraction of sp³-hybridized carbons (Fsp3) is 0.800. The molecule has 22 heavy (non-hydrogen) atoms. The predicted octanol–water partition coefficient (Wildman–Crippen LogP) is 1.85. The first-order chi connectivity index (χ1) is 9.86. The molecule has 0 aromatic carbocycles. The summed E-state index contributed by atoms with van der Waals surface area (Å²) in [5.41, 5.74) is 1.89. The van der Waals surface area contributed by atoms with Crippen LogP contribution in [-0.2, 0) is 19.1 Å². The summed E-state index contributed by atoms with van der Waals surface area (Å²) < 4.78 is 10.4. The quantitative estimate of drug-likeness (QED) is 0.469. The average Bonchev–Trinajstić information content (AvgIpc) is 2.64. The van der Waals surface area contributed by atoms with E-state index >= 15 is 0 Å². The van der Waals surface area contributed by atoms with Gasteiger partial charge in [-0.05, 0) is 54.4 Å². The second-order valence-electron chi connectivity index (χ2n) is 7.44. The number of hydrazine groups is 1. The highest BCUT2D eigenvalue weighted by Gasteiger charge is 2.51. The Morgan fingerprint density at radius 3 is 2.00 bits per heavy atom. The summed E-state index contributed by atoms with van der Waals surface area (Å²) in [4.78, 5) is 36.3. The molecule has 0 radical (unpaired) electrons. The van der Waals surface area contributed by atoms with Gasteiger partial charge in [0, 0.05) is 6.42 Å². The monoisotopic (exact) mass is 314 g/mol. The number of hydrogen-bond acceptors (Lipinski definition) is 6. The van der Waals surface area contributed by atoms with Gasteiger partial charge in [0.25, 0.3) is 0 Å². The SMILES string of the molecule is CC(C)(C)OC(=O)NN[C@]1(C(=O)OC(C)(C)C)CCCC1=O. The molecule has 0 heterocycles. The molecule has 1 saturated carbocycles. The lowest BCUT2D eigenvalue weighted by Gasteiger charge is -2.31. The molecule has 0 aromatic heterocycles. The number of carbonyl (C=O) groups excluding carboxylic acids is 3. The number of nitrogens with one attached hydrogen (secondary N) is 2. The van der Waals surface area contributed by atoms with E-state index in [4.69, 9.17) is 9.47 Å². The van der Waals surface area contributed by atoms with Gasteiger partial charge in [-0.1, -0.05) is 0 Å². The minimum atomic E-state index is -1.54. The molecule has 2 N–H and O–H groups in total. The van der Waals surface area contributed by atoms with Crippen LogP contribution < -0.4 is 10.9 Å². The van der Waals surface area contributed by atoms with Gasteiger partial charge in [-0.25, -0.2) is 15.0 Å². The Labute approximate surface area is 131 Å². The van der Waals surface area contributed by atoms with Gasteiger partial charge in [-0.3, -0.25) is 10.2 Å². The van der Waals surface area contributed by atoms with Crippen LogP contribution in [0, 0.1) is 0 Å². The fourth-order valence-electron chi connectivity index (χ4n) is 2.09. The molecular weight excluding hydrogens is 288 g/mol. The Bertz CT molecular complexity index is 462. The summed E-state index contributed by atoms with van der Waals surface area (Å²) in [5, 5.41) is 0. The van der Waals surface area contributed by atoms with Crippen molar-refractivity contribution in [2.45, 2.75) is 77.5 Å². The zero-order chi connectivity index (χ0) is 17.2. The highest BCUT2D eigenvalue weighted by Crippen LogP contribution is 2.29. The Balaban J connectivity index is 2.80. The number of amides is 1. The molecule has 1 fully saturated rings. The van der Waals surface area contributed by atoms with Gasteiger partial charge in [0.15, 0.2) is 11.3 Å². The van der Waals surface area contributed by atoms with Crippen LogP contribution in [0.25, 0.3) is 0 Å². The second-order valence-corrected chi connectivity index (χ2v) is 7.44. The van der Waals surface area contributed by atoms with Gasteiger partial charge >= 0.3 is 12.1 Å². The topological polar surface area (TPSA) is 93.7 Å². The van der Waals surface area contributed by atoms with Crippen LogP contribution in [0.2, 0.25) is 0 Å². The molecule has 0 aliphatic heterocycles. The van der Waals surface area contributed by atoms with Crippen LogP contribution in [0.5, 0.6) is 0 Å². The molecule has 1 aliphatic carbocycles. The highest BCUT2D eigenvalue weighted by atomic mass is 16.6. The number of ketones is 1. The van der Waals surface area contributed by atoms with E-state index in [1.807, 2.05) is 0 Å². The van der Waals surface area contributed by atoms with Gasteiger partial charge in [-0.15, -0.1) is 0 Å². The van der Waals surface area contributed by atoms with E-state index in [1.54, 1.807) is 41.5 Å². The average molecular weight is 314 g/mol. The third-order valence-electron chi connectivity index (χ3n) is 2.96. The second kappa shape index (κ2) is 6.24. The van der Waals surface area contributed by atoms with Crippen LogP contribution in [0.15, 0.2) is 0 Å². The van der Waals surface area contributed by atoms with Crippen molar-refractivity contribution in [1.29, 1.82) is 0 Å². The molecule has 1 amide bonds. The molecule has 0 unspecified atom stereocenters. The maximum atomic E-state index is 12.4. The molecule has 126 valence electrons. The van der Waals surface area contributed by atoms with Gasteiger partial charge in [0.2, 0.25) is 0 Å². The normalized spacial score (nSPS) is 22.4. The lowest BCUT2D eigenvalue weighted by molar-refractivity contribution is -0.165. The van der Waals surface area contributed by atoms with Crippen LogP contribution in [-0.4, -0.2) is 34.6 Å². The van der Waals surface area contributed by atoms with Crippen molar-refractivity contribution >= 4 is 17.8 Å². The molecule has 1 rings (SSSR count). The minimum Gasteiger partial charge on any atom is -0.458 e.